The smallest absolute Gasteiger partial charge is 0.269 e. The minimum absolute atomic E-state index is 0.0194. The van der Waals surface area contributed by atoms with E-state index in [9.17, 15) is 22.8 Å². The molecular weight excluding hydrogens is 490 g/mol. The van der Waals surface area contributed by atoms with E-state index in [4.69, 9.17) is 11.6 Å². The van der Waals surface area contributed by atoms with Crippen molar-refractivity contribution in [2.24, 2.45) is 0 Å². The van der Waals surface area contributed by atoms with Gasteiger partial charge in [0.2, 0.25) is 11.8 Å². The van der Waals surface area contributed by atoms with Crippen LogP contribution in [-0.4, -0.2) is 54.5 Å². The van der Waals surface area contributed by atoms with E-state index in [-0.39, 0.29) is 48.2 Å². The van der Waals surface area contributed by atoms with Crippen LogP contribution in [0.25, 0.3) is 0 Å². The van der Waals surface area contributed by atoms with Crippen molar-refractivity contribution in [1.29, 1.82) is 0 Å². The number of amides is 3. The lowest BCUT2D eigenvalue weighted by molar-refractivity contribution is -0.140. The highest BCUT2D eigenvalue weighted by Gasteiger charge is 2.40. The summed E-state index contributed by atoms with van der Waals surface area (Å²) < 4.78 is 26.3. The van der Waals surface area contributed by atoms with Gasteiger partial charge in [0.25, 0.3) is 15.9 Å². The van der Waals surface area contributed by atoms with Gasteiger partial charge in [-0.05, 0) is 43.5 Å². The first kappa shape index (κ1) is 26.7. The number of carbonyl (C=O) groups excluding carboxylic acids is 3. The Kier molecular flexibility index (Phi) is 8.91. The Morgan fingerprint density at radius 1 is 1.09 bits per heavy atom. The third-order valence-corrected chi connectivity index (χ3v) is 8.17. The molecule has 1 atom stereocenters. The van der Waals surface area contributed by atoms with Crippen molar-refractivity contribution in [1.82, 2.24) is 14.5 Å². The zero-order valence-corrected chi connectivity index (χ0v) is 21.4. The van der Waals surface area contributed by atoms with Gasteiger partial charge in [0.15, 0.2) is 0 Å². The Balaban J connectivity index is 1.70. The number of hydrogen-bond acceptors (Lipinski definition) is 5. The molecule has 3 rings (SSSR count). The van der Waals surface area contributed by atoms with Crippen LogP contribution in [0.5, 0.6) is 0 Å². The summed E-state index contributed by atoms with van der Waals surface area (Å²) in [7, 11) is -3.93. The van der Waals surface area contributed by atoms with E-state index in [1.807, 2.05) is 6.92 Å². The maximum atomic E-state index is 13.2. The predicted octanol–water partition coefficient (Wildman–Crippen LogP) is 3.60. The number of rotatable bonds is 11. The van der Waals surface area contributed by atoms with Crippen molar-refractivity contribution >= 4 is 39.3 Å². The second kappa shape index (κ2) is 11.7. The first-order valence-corrected chi connectivity index (χ1v) is 13.5. The van der Waals surface area contributed by atoms with Crippen LogP contribution in [0.3, 0.4) is 0 Å². The fourth-order valence-electron chi connectivity index (χ4n) is 3.90. The molecule has 0 radical (unpaired) electrons. The van der Waals surface area contributed by atoms with E-state index in [2.05, 4.69) is 5.32 Å². The van der Waals surface area contributed by atoms with Gasteiger partial charge in [0, 0.05) is 31.1 Å². The van der Waals surface area contributed by atoms with E-state index < -0.39 is 22.0 Å². The number of nitrogens with zero attached hydrogens (tertiary/aromatic N) is 2. The number of nitrogens with one attached hydrogen (secondary N) is 1. The molecule has 188 valence electrons. The number of unbranched alkanes of at least 4 members (excludes halogenated alkanes) is 1. The molecule has 1 heterocycles. The molecule has 1 N–H and O–H groups in total. The summed E-state index contributed by atoms with van der Waals surface area (Å²) in [5, 5.41) is 3.33. The van der Waals surface area contributed by atoms with Crippen molar-refractivity contribution < 1.29 is 22.8 Å². The zero-order chi connectivity index (χ0) is 25.6. The lowest BCUT2D eigenvalue weighted by Gasteiger charge is -2.29. The second-order valence-electron chi connectivity index (χ2n) is 8.42. The van der Waals surface area contributed by atoms with E-state index >= 15 is 0 Å². The third-order valence-electron chi connectivity index (χ3n) is 5.96. The van der Waals surface area contributed by atoms with Gasteiger partial charge >= 0.3 is 0 Å². The molecule has 8 nitrogen and oxygen atoms in total. The quantitative estimate of drug-likeness (QED) is 0.457. The Bertz CT molecular complexity index is 1200. The molecule has 35 heavy (non-hydrogen) atoms. The Morgan fingerprint density at radius 3 is 2.46 bits per heavy atom. The average molecular weight is 520 g/mol. The fraction of sp³-hybridized carbons (Fsp3) is 0.400. The molecule has 2 aromatic carbocycles. The van der Waals surface area contributed by atoms with Crippen LogP contribution in [0.15, 0.2) is 53.4 Å². The normalized spacial score (nSPS) is 14.9. The van der Waals surface area contributed by atoms with Crippen LogP contribution in [0.1, 0.15) is 55.5 Å². The molecule has 0 fully saturated rings. The first-order valence-electron chi connectivity index (χ1n) is 11.6. The van der Waals surface area contributed by atoms with Crippen LogP contribution < -0.4 is 5.32 Å². The van der Waals surface area contributed by atoms with Crippen molar-refractivity contribution in [3.05, 3.63) is 64.7 Å². The minimum atomic E-state index is -3.93. The molecule has 0 bridgehead atoms. The predicted molar refractivity (Wildman–Crippen MR) is 133 cm³/mol. The molecule has 10 heteroatoms. The number of fused-ring (bicyclic) bond motifs is 1. The summed E-state index contributed by atoms with van der Waals surface area (Å²) in [5.74, 6) is -1.19. The average Bonchev–Trinajstić information content (AvgIpc) is 3.03. The van der Waals surface area contributed by atoms with Gasteiger partial charge in [-0.25, -0.2) is 12.7 Å². The van der Waals surface area contributed by atoms with Crippen LogP contribution >= 0.6 is 11.6 Å². The van der Waals surface area contributed by atoms with Crippen LogP contribution in [0.4, 0.5) is 0 Å². The van der Waals surface area contributed by atoms with Crippen LogP contribution in [0, 0.1) is 0 Å². The van der Waals surface area contributed by atoms with E-state index in [0.29, 0.717) is 17.1 Å². The lowest BCUT2D eigenvalue weighted by Crippen LogP contribution is -2.48. The highest BCUT2D eigenvalue weighted by Crippen LogP contribution is 2.30. The Labute approximate surface area is 211 Å². The van der Waals surface area contributed by atoms with E-state index in [1.54, 1.807) is 43.3 Å². The number of hydrogen-bond donors (Lipinski definition) is 1. The maximum absolute atomic E-state index is 13.2. The monoisotopic (exact) mass is 519 g/mol. The molecule has 0 unspecified atom stereocenters. The SMILES string of the molecule is CCCCNC(=O)[C@@H](C)N(Cc1ccccc1Cl)C(=O)CCCN1C(=O)c2ccccc2S1(=O)=O. The third kappa shape index (κ3) is 6.02. The Hall–Kier alpha value is -2.91. The summed E-state index contributed by atoms with van der Waals surface area (Å²) in [6, 6.07) is 12.4. The zero-order valence-electron chi connectivity index (χ0n) is 19.9. The molecule has 0 spiro atoms. The van der Waals surface area contributed by atoms with Gasteiger partial charge < -0.3 is 10.2 Å². The number of carbonyl (C=O) groups is 3. The molecule has 0 saturated heterocycles. The molecule has 0 aromatic heterocycles. The highest BCUT2D eigenvalue weighted by molar-refractivity contribution is 7.90. The molecule has 1 aliphatic rings. The molecule has 2 aromatic rings. The highest BCUT2D eigenvalue weighted by atomic mass is 35.5. The molecule has 1 aliphatic heterocycles. The van der Waals surface area contributed by atoms with Gasteiger partial charge in [-0.1, -0.05) is 55.3 Å². The number of benzene rings is 2. The van der Waals surface area contributed by atoms with E-state index in [1.165, 1.54) is 17.0 Å². The fourth-order valence-corrected chi connectivity index (χ4v) is 5.70. The summed E-state index contributed by atoms with van der Waals surface area (Å²) in [6.07, 6.45) is 1.85. The van der Waals surface area contributed by atoms with E-state index in [0.717, 1.165) is 17.1 Å². The second-order valence-corrected chi connectivity index (χ2v) is 10.7. The van der Waals surface area contributed by atoms with Gasteiger partial charge in [-0.2, -0.15) is 0 Å². The summed E-state index contributed by atoms with van der Waals surface area (Å²) in [5.41, 5.74) is 0.833. The Morgan fingerprint density at radius 2 is 1.77 bits per heavy atom. The first-order chi connectivity index (χ1) is 16.7. The van der Waals surface area contributed by atoms with Crippen LogP contribution in [0.2, 0.25) is 5.02 Å². The van der Waals surface area contributed by atoms with Crippen molar-refractivity contribution in [2.45, 2.75) is 57.0 Å². The van der Waals surface area contributed by atoms with Crippen molar-refractivity contribution in [3.63, 3.8) is 0 Å². The standard InChI is InChI=1S/C25H30ClN3O5S/c1-3-4-15-27-24(31)18(2)28(17-19-10-5-7-12-21(19)26)23(30)14-9-16-29-25(32)20-11-6-8-13-22(20)35(29,33)34/h5-8,10-13,18H,3-4,9,14-17H2,1-2H3,(H,27,31)/t18-/m1/s1. The van der Waals surface area contributed by atoms with Crippen molar-refractivity contribution in [2.75, 3.05) is 13.1 Å². The number of halogens is 1. The van der Waals surface area contributed by atoms with Gasteiger partial charge in [0.05, 0.1) is 5.56 Å². The van der Waals surface area contributed by atoms with Crippen LogP contribution in [-0.2, 0) is 26.2 Å². The van der Waals surface area contributed by atoms with Crippen molar-refractivity contribution in [3.8, 4) is 0 Å². The summed E-state index contributed by atoms with van der Waals surface area (Å²) in [4.78, 5) is 40.0. The molecule has 3 amide bonds. The molecule has 0 saturated carbocycles. The lowest BCUT2D eigenvalue weighted by atomic mass is 10.1. The minimum Gasteiger partial charge on any atom is -0.354 e. The molecule has 0 aliphatic carbocycles. The summed E-state index contributed by atoms with van der Waals surface area (Å²) >= 11 is 6.29. The largest absolute Gasteiger partial charge is 0.354 e. The maximum Gasteiger partial charge on any atom is 0.269 e. The van der Waals surface area contributed by atoms with Gasteiger partial charge in [-0.3, -0.25) is 14.4 Å². The van der Waals surface area contributed by atoms with Gasteiger partial charge in [-0.15, -0.1) is 0 Å². The number of sulfonamides is 1. The van der Waals surface area contributed by atoms with Gasteiger partial charge in [0.1, 0.15) is 10.9 Å². The summed E-state index contributed by atoms with van der Waals surface area (Å²) in [6.45, 7) is 4.20. The molecular formula is C25H30ClN3O5S. The topological polar surface area (TPSA) is 104 Å².